The molecule has 31 heavy (non-hydrogen) atoms. The van der Waals surface area contributed by atoms with Gasteiger partial charge in [-0.15, -0.1) is 0 Å². The quantitative estimate of drug-likeness (QED) is 0.475. The number of hydrogen-bond donors (Lipinski definition) is 2. The first-order valence-corrected chi connectivity index (χ1v) is 11.0. The van der Waals surface area contributed by atoms with Crippen molar-refractivity contribution in [2.45, 2.75) is 31.6 Å². The van der Waals surface area contributed by atoms with Crippen LogP contribution in [0.2, 0.25) is 0 Å². The van der Waals surface area contributed by atoms with Crippen LogP contribution in [0.4, 0.5) is 0 Å². The summed E-state index contributed by atoms with van der Waals surface area (Å²) in [6, 6.07) is 28.2. The highest BCUT2D eigenvalue weighted by Gasteiger charge is 2.18. The molecule has 3 aromatic rings. The molecule has 0 aromatic heterocycles. The number of benzene rings is 3. The molecule has 162 valence electrons. The molecule has 3 aromatic carbocycles. The average molecular weight is 417 g/mol. The van der Waals surface area contributed by atoms with Gasteiger partial charge >= 0.3 is 0 Å². The molecule has 0 aliphatic carbocycles. The van der Waals surface area contributed by atoms with Gasteiger partial charge in [0.1, 0.15) is 5.75 Å². The van der Waals surface area contributed by atoms with Crippen molar-refractivity contribution in [2.24, 2.45) is 5.73 Å². The van der Waals surface area contributed by atoms with Crippen LogP contribution in [-0.4, -0.2) is 35.5 Å². The maximum atomic E-state index is 12.9. The van der Waals surface area contributed by atoms with E-state index in [0.29, 0.717) is 32.5 Å². The van der Waals surface area contributed by atoms with Gasteiger partial charge in [0, 0.05) is 25.4 Å². The first kappa shape index (κ1) is 22.6. The van der Waals surface area contributed by atoms with Crippen molar-refractivity contribution in [1.82, 2.24) is 4.90 Å². The van der Waals surface area contributed by atoms with E-state index < -0.39 is 0 Å². The highest BCUT2D eigenvalue weighted by Crippen LogP contribution is 2.28. The smallest absolute Gasteiger partial charge is 0.222 e. The van der Waals surface area contributed by atoms with Crippen molar-refractivity contribution in [3.63, 3.8) is 0 Å². The molecule has 3 rings (SSSR count). The van der Waals surface area contributed by atoms with Crippen LogP contribution in [0.3, 0.4) is 0 Å². The summed E-state index contributed by atoms with van der Waals surface area (Å²) in [6.45, 7) is 1.87. The third-order valence-corrected chi connectivity index (χ3v) is 5.65. The number of rotatable bonds is 11. The van der Waals surface area contributed by atoms with Gasteiger partial charge in [-0.1, -0.05) is 72.8 Å². The lowest BCUT2D eigenvalue weighted by atomic mass is 9.88. The van der Waals surface area contributed by atoms with Crippen LogP contribution in [0.15, 0.2) is 84.9 Å². The first-order valence-electron chi connectivity index (χ1n) is 11.0. The van der Waals surface area contributed by atoms with Crippen LogP contribution < -0.4 is 5.73 Å². The molecule has 0 fully saturated rings. The Morgan fingerprint density at radius 1 is 0.839 bits per heavy atom. The Hall–Kier alpha value is -3.11. The van der Waals surface area contributed by atoms with Crippen molar-refractivity contribution in [3.8, 4) is 5.75 Å². The number of hydrogen-bond acceptors (Lipinski definition) is 3. The lowest BCUT2D eigenvalue weighted by Crippen LogP contribution is -2.34. The van der Waals surface area contributed by atoms with Crippen LogP contribution in [0.5, 0.6) is 5.75 Å². The molecule has 1 amide bonds. The fourth-order valence-electron chi connectivity index (χ4n) is 3.88. The van der Waals surface area contributed by atoms with E-state index in [2.05, 4.69) is 48.5 Å². The Morgan fingerprint density at radius 3 is 1.97 bits per heavy atom. The summed E-state index contributed by atoms with van der Waals surface area (Å²) in [7, 11) is 0. The molecule has 3 N–H and O–H groups in total. The molecule has 0 radical (unpaired) electrons. The molecular weight excluding hydrogens is 384 g/mol. The molecule has 4 nitrogen and oxygen atoms in total. The highest BCUT2D eigenvalue weighted by atomic mass is 16.3. The van der Waals surface area contributed by atoms with Crippen LogP contribution in [0, 0.1) is 0 Å². The Balaban J connectivity index is 1.72. The van der Waals surface area contributed by atoms with Gasteiger partial charge in [0.15, 0.2) is 0 Å². The summed E-state index contributed by atoms with van der Waals surface area (Å²) < 4.78 is 0. The summed E-state index contributed by atoms with van der Waals surface area (Å²) in [5, 5.41) is 9.50. The minimum Gasteiger partial charge on any atom is -0.508 e. The Morgan fingerprint density at radius 2 is 1.42 bits per heavy atom. The molecule has 0 spiro atoms. The zero-order valence-corrected chi connectivity index (χ0v) is 18.0. The summed E-state index contributed by atoms with van der Waals surface area (Å²) in [6.07, 6.45) is 2.80. The number of nitrogens with zero attached hydrogens (tertiary/aromatic N) is 1. The number of phenolic OH excluding ortho intramolecular Hbond substituents is 1. The molecule has 0 heterocycles. The number of phenols is 1. The molecule has 0 atom stereocenters. The van der Waals surface area contributed by atoms with E-state index in [1.165, 1.54) is 11.1 Å². The average Bonchev–Trinajstić information content (AvgIpc) is 2.82. The maximum Gasteiger partial charge on any atom is 0.222 e. The lowest BCUT2D eigenvalue weighted by Gasteiger charge is -2.26. The third kappa shape index (κ3) is 6.97. The van der Waals surface area contributed by atoms with E-state index in [0.717, 1.165) is 18.4 Å². The van der Waals surface area contributed by atoms with E-state index >= 15 is 0 Å². The largest absolute Gasteiger partial charge is 0.508 e. The molecule has 0 unspecified atom stereocenters. The predicted molar refractivity (Wildman–Crippen MR) is 126 cm³/mol. The summed E-state index contributed by atoms with van der Waals surface area (Å²) >= 11 is 0. The minimum absolute atomic E-state index is 0.157. The number of carbonyl (C=O) groups is 1. The second kappa shape index (κ2) is 11.9. The second-order valence-electron chi connectivity index (χ2n) is 7.85. The van der Waals surface area contributed by atoms with Crippen LogP contribution >= 0.6 is 0 Å². The molecule has 0 saturated heterocycles. The third-order valence-electron chi connectivity index (χ3n) is 5.65. The Labute approximate surface area is 185 Å². The van der Waals surface area contributed by atoms with E-state index in [1.807, 2.05) is 29.2 Å². The predicted octanol–water partition coefficient (Wildman–Crippen LogP) is 4.72. The maximum absolute atomic E-state index is 12.9. The monoisotopic (exact) mass is 416 g/mol. The minimum atomic E-state index is 0.157. The van der Waals surface area contributed by atoms with Gasteiger partial charge in [-0.2, -0.15) is 0 Å². The van der Waals surface area contributed by atoms with E-state index in [4.69, 9.17) is 5.73 Å². The van der Waals surface area contributed by atoms with E-state index in [9.17, 15) is 9.90 Å². The van der Waals surface area contributed by atoms with Gasteiger partial charge in [0.05, 0.1) is 0 Å². The van der Waals surface area contributed by atoms with Gasteiger partial charge < -0.3 is 15.7 Å². The molecule has 4 heteroatoms. The fourth-order valence-corrected chi connectivity index (χ4v) is 3.88. The Kier molecular flexibility index (Phi) is 8.68. The normalized spacial score (nSPS) is 10.9. The second-order valence-corrected chi connectivity index (χ2v) is 7.85. The number of aromatic hydroxyl groups is 1. The molecule has 0 aliphatic heterocycles. The topological polar surface area (TPSA) is 66.6 Å². The zero-order valence-electron chi connectivity index (χ0n) is 18.0. The van der Waals surface area contributed by atoms with Gasteiger partial charge in [0.2, 0.25) is 5.91 Å². The van der Waals surface area contributed by atoms with Gasteiger partial charge in [-0.25, -0.2) is 0 Å². The molecule has 0 aliphatic rings. The molecular formula is C27H32N2O2. The van der Waals surface area contributed by atoms with E-state index in [-0.39, 0.29) is 17.6 Å². The molecule has 0 saturated carbocycles. The van der Waals surface area contributed by atoms with Gasteiger partial charge in [0.25, 0.3) is 0 Å². The number of amides is 1. The van der Waals surface area contributed by atoms with Gasteiger partial charge in [-0.3, -0.25) is 4.79 Å². The fraction of sp³-hybridized carbons (Fsp3) is 0.296. The first-order chi connectivity index (χ1) is 15.2. The van der Waals surface area contributed by atoms with Crippen molar-refractivity contribution in [1.29, 1.82) is 0 Å². The summed E-state index contributed by atoms with van der Waals surface area (Å²) in [5.74, 6) is 0.651. The lowest BCUT2D eigenvalue weighted by molar-refractivity contribution is -0.131. The zero-order chi connectivity index (χ0) is 21.9. The SMILES string of the molecule is NCCCC(=O)N(CCc1ccc(O)cc1)CCC(c1ccccc1)c1ccccc1. The van der Waals surface area contributed by atoms with Crippen molar-refractivity contribution >= 4 is 5.91 Å². The Bertz CT molecular complexity index is 871. The molecule has 0 bridgehead atoms. The van der Waals surface area contributed by atoms with Crippen LogP contribution in [0.1, 0.15) is 41.9 Å². The highest BCUT2D eigenvalue weighted by molar-refractivity contribution is 5.76. The van der Waals surface area contributed by atoms with Crippen LogP contribution in [0.25, 0.3) is 0 Å². The van der Waals surface area contributed by atoms with Crippen LogP contribution in [-0.2, 0) is 11.2 Å². The standard InChI is InChI=1S/C27H32N2O2/c28-19-7-12-27(31)29(20-17-22-13-15-25(30)16-14-22)21-18-26(23-8-3-1-4-9-23)24-10-5-2-6-11-24/h1-6,8-11,13-16,26,30H,7,12,17-21,28H2. The van der Waals surface area contributed by atoms with Crippen molar-refractivity contribution in [3.05, 3.63) is 102 Å². The van der Waals surface area contributed by atoms with Crippen molar-refractivity contribution in [2.75, 3.05) is 19.6 Å². The van der Waals surface area contributed by atoms with Gasteiger partial charge in [-0.05, 0) is 54.6 Å². The van der Waals surface area contributed by atoms with E-state index in [1.54, 1.807) is 12.1 Å². The summed E-state index contributed by atoms with van der Waals surface area (Å²) in [4.78, 5) is 14.9. The number of nitrogens with two attached hydrogens (primary N) is 1. The number of carbonyl (C=O) groups excluding carboxylic acids is 1. The van der Waals surface area contributed by atoms with Crippen molar-refractivity contribution < 1.29 is 9.90 Å². The summed E-state index contributed by atoms with van der Waals surface area (Å²) in [5.41, 5.74) is 9.28.